The van der Waals surface area contributed by atoms with Crippen molar-refractivity contribution in [3.8, 4) is 11.3 Å². The van der Waals surface area contributed by atoms with Crippen LogP contribution in [0.2, 0.25) is 0 Å². The summed E-state index contributed by atoms with van der Waals surface area (Å²) in [6.07, 6.45) is 2.06. The highest BCUT2D eigenvalue weighted by atomic mass is 32.1. The standard InChI is InChI=1S/C19H21N5O3S/c1-13-11-23-17(12-21-6-8-22(9-7-21)14(2)25)18(20-19(23)28-13)15-4-3-5-16(10-15)24(26)27/h3-5,10-11H,6-9,12H2,1-2H3. The average molecular weight is 399 g/mol. The van der Waals surface area contributed by atoms with Crippen LogP contribution in [0.25, 0.3) is 16.2 Å². The van der Waals surface area contributed by atoms with Crippen molar-refractivity contribution < 1.29 is 9.72 Å². The summed E-state index contributed by atoms with van der Waals surface area (Å²) in [7, 11) is 0. The Kier molecular flexibility index (Phi) is 4.86. The van der Waals surface area contributed by atoms with Crippen LogP contribution in [0, 0.1) is 17.0 Å². The number of nitrogens with zero attached hydrogens (tertiary/aromatic N) is 5. The largest absolute Gasteiger partial charge is 0.340 e. The Morgan fingerprint density at radius 2 is 2.04 bits per heavy atom. The molecule has 2 aromatic heterocycles. The van der Waals surface area contributed by atoms with E-state index in [1.165, 1.54) is 6.07 Å². The van der Waals surface area contributed by atoms with E-state index in [1.54, 1.807) is 30.4 Å². The van der Waals surface area contributed by atoms with E-state index in [1.807, 2.05) is 17.9 Å². The molecule has 1 aliphatic rings. The Morgan fingerprint density at radius 1 is 1.29 bits per heavy atom. The average Bonchev–Trinajstić information content (AvgIpc) is 3.19. The summed E-state index contributed by atoms with van der Waals surface area (Å²) >= 11 is 1.61. The number of aryl methyl sites for hydroxylation is 1. The van der Waals surface area contributed by atoms with E-state index in [9.17, 15) is 14.9 Å². The number of fused-ring (bicyclic) bond motifs is 1. The molecule has 1 aliphatic heterocycles. The molecule has 8 nitrogen and oxygen atoms in total. The van der Waals surface area contributed by atoms with Crippen LogP contribution in [0.4, 0.5) is 5.69 Å². The summed E-state index contributed by atoms with van der Waals surface area (Å²) in [5.41, 5.74) is 2.62. The molecule has 0 N–H and O–H groups in total. The number of non-ortho nitro benzene ring substituents is 1. The number of thiazole rings is 1. The number of carbonyl (C=O) groups excluding carboxylic acids is 1. The van der Waals surface area contributed by atoms with Gasteiger partial charge in [0.05, 0.1) is 16.3 Å². The minimum Gasteiger partial charge on any atom is -0.340 e. The second kappa shape index (κ2) is 7.33. The van der Waals surface area contributed by atoms with Gasteiger partial charge in [-0.1, -0.05) is 12.1 Å². The monoisotopic (exact) mass is 399 g/mol. The number of hydrogen-bond donors (Lipinski definition) is 0. The van der Waals surface area contributed by atoms with Crippen LogP contribution >= 0.6 is 11.3 Å². The molecule has 0 atom stereocenters. The van der Waals surface area contributed by atoms with Crippen LogP contribution in [-0.4, -0.2) is 56.2 Å². The molecule has 0 unspecified atom stereocenters. The molecule has 1 aromatic carbocycles. The molecule has 1 amide bonds. The van der Waals surface area contributed by atoms with E-state index >= 15 is 0 Å². The molecule has 3 heterocycles. The molecule has 4 rings (SSSR count). The summed E-state index contributed by atoms with van der Waals surface area (Å²) in [5, 5.41) is 11.2. The fourth-order valence-corrected chi connectivity index (χ4v) is 4.43. The lowest BCUT2D eigenvalue weighted by Gasteiger charge is -2.34. The number of carbonyl (C=O) groups is 1. The number of rotatable bonds is 4. The number of amides is 1. The predicted molar refractivity (Wildman–Crippen MR) is 107 cm³/mol. The Bertz CT molecular complexity index is 1050. The maximum atomic E-state index is 11.6. The highest BCUT2D eigenvalue weighted by Crippen LogP contribution is 2.31. The van der Waals surface area contributed by atoms with Gasteiger partial charge in [0.15, 0.2) is 4.96 Å². The molecule has 9 heteroatoms. The van der Waals surface area contributed by atoms with E-state index < -0.39 is 0 Å². The number of nitro benzene ring substituents is 1. The minimum absolute atomic E-state index is 0.0612. The van der Waals surface area contributed by atoms with Crippen molar-refractivity contribution >= 4 is 27.9 Å². The van der Waals surface area contributed by atoms with Crippen molar-refractivity contribution in [3.05, 3.63) is 51.1 Å². The molecule has 1 fully saturated rings. The highest BCUT2D eigenvalue weighted by Gasteiger charge is 2.23. The third-order valence-corrected chi connectivity index (χ3v) is 5.96. The summed E-state index contributed by atoms with van der Waals surface area (Å²) in [5.74, 6) is 0.108. The highest BCUT2D eigenvalue weighted by molar-refractivity contribution is 7.17. The molecule has 28 heavy (non-hydrogen) atoms. The second-order valence-electron chi connectivity index (χ2n) is 6.99. The van der Waals surface area contributed by atoms with Crippen molar-refractivity contribution in [1.82, 2.24) is 19.2 Å². The first kappa shape index (κ1) is 18.6. The van der Waals surface area contributed by atoms with Crippen LogP contribution in [-0.2, 0) is 11.3 Å². The van der Waals surface area contributed by atoms with Crippen molar-refractivity contribution in [1.29, 1.82) is 0 Å². The number of benzene rings is 1. The summed E-state index contributed by atoms with van der Waals surface area (Å²) in [4.78, 5) is 33.4. The zero-order valence-corrected chi connectivity index (χ0v) is 16.6. The first-order valence-electron chi connectivity index (χ1n) is 9.12. The maximum absolute atomic E-state index is 11.6. The molecular formula is C19H21N5O3S. The summed E-state index contributed by atoms with van der Waals surface area (Å²) in [6.45, 7) is 7.35. The van der Waals surface area contributed by atoms with Gasteiger partial charge in [-0.05, 0) is 6.92 Å². The first-order chi connectivity index (χ1) is 13.4. The first-order valence-corrected chi connectivity index (χ1v) is 9.94. The second-order valence-corrected chi connectivity index (χ2v) is 8.20. The smallest absolute Gasteiger partial charge is 0.270 e. The Hall–Kier alpha value is -2.78. The normalized spacial score (nSPS) is 15.3. The number of hydrogen-bond acceptors (Lipinski definition) is 6. The Balaban J connectivity index is 1.69. The summed E-state index contributed by atoms with van der Waals surface area (Å²) in [6, 6.07) is 6.63. The lowest BCUT2D eigenvalue weighted by Crippen LogP contribution is -2.47. The Morgan fingerprint density at radius 3 is 2.71 bits per heavy atom. The topological polar surface area (TPSA) is 84.0 Å². The molecular weight excluding hydrogens is 378 g/mol. The van der Waals surface area contributed by atoms with Gasteiger partial charge in [0.1, 0.15) is 0 Å². The van der Waals surface area contributed by atoms with E-state index in [-0.39, 0.29) is 16.5 Å². The summed E-state index contributed by atoms with van der Waals surface area (Å²) < 4.78 is 2.09. The van der Waals surface area contributed by atoms with Crippen molar-refractivity contribution in [3.63, 3.8) is 0 Å². The van der Waals surface area contributed by atoms with Crippen molar-refractivity contribution in [2.24, 2.45) is 0 Å². The third-order valence-electron chi connectivity index (χ3n) is 5.06. The Labute approximate surface area is 166 Å². The molecule has 0 aliphatic carbocycles. The molecule has 0 spiro atoms. The fourth-order valence-electron chi connectivity index (χ4n) is 3.58. The van der Waals surface area contributed by atoms with Gasteiger partial charge in [0.2, 0.25) is 5.91 Å². The number of nitro groups is 1. The van der Waals surface area contributed by atoms with Crippen LogP contribution in [0.1, 0.15) is 17.5 Å². The van der Waals surface area contributed by atoms with Gasteiger partial charge in [-0.25, -0.2) is 4.98 Å². The molecule has 0 saturated carbocycles. The lowest BCUT2D eigenvalue weighted by atomic mass is 10.1. The van der Waals surface area contributed by atoms with Crippen molar-refractivity contribution in [2.45, 2.75) is 20.4 Å². The van der Waals surface area contributed by atoms with Gasteiger partial charge in [-0.15, -0.1) is 11.3 Å². The van der Waals surface area contributed by atoms with Gasteiger partial charge in [0.25, 0.3) is 5.69 Å². The molecule has 0 radical (unpaired) electrons. The quantitative estimate of drug-likeness (QED) is 0.497. The van der Waals surface area contributed by atoms with Gasteiger partial charge >= 0.3 is 0 Å². The minimum atomic E-state index is -0.382. The molecule has 0 bridgehead atoms. The fraction of sp³-hybridized carbons (Fsp3) is 0.368. The van der Waals surface area contributed by atoms with E-state index in [4.69, 9.17) is 4.98 Å². The lowest BCUT2D eigenvalue weighted by molar-refractivity contribution is -0.384. The number of imidazole rings is 1. The molecule has 3 aromatic rings. The van der Waals surface area contributed by atoms with E-state index in [0.29, 0.717) is 19.6 Å². The zero-order chi connectivity index (χ0) is 19.8. The van der Waals surface area contributed by atoms with Crippen LogP contribution in [0.5, 0.6) is 0 Å². The van der Waals surface area contributed by atoms with E-state index in [0.717, 1.165) is 39.9 Å². The van der Waals surface area contributed by atoms with Crippen LogP contribution in [0.15, 0.2) is 30.5 Å². The SMILES string of the molecule is CC(=O)N1CCN(Cc2c(-c3cccc([N+](=O)[O-])c3)nc3sc(C)cn23)CC1. The van der Waals surface area contributed by atoms with Gasteiger partial charge in [0, 0.05) is 68.4 Å². The van der Waals surface area contributed by atoms with Gasteiger partial charge in [-0.3, -0.25) is 24.2 Å². The van der Waals surface area contributed by atoms with E-state index in [2.05, 4.69) is 15.5 Å². The maximum Gasteiger partial charge on any atom is 0.270 e. The van der Waals surface area contributed by atoms with Crippen LogP contribution in [0.3, 0.4) is 0 Å². The molecule has 146 valence electrons. The third kappa shape index (κ3) is 3.50. The molecule has 1 saturated heterocycles. The predicted octanol–water partition coefficient (Wildman–Crippen LogP) is 2.94. The zero-order valence-electron chi connectivity index (χ0n) is 15.8. The van der Waals surface area contributed by atoms with Gasteiger partial charge in [-0.2, -0.15) is 0 Å². The number of aromatic nitrogens is 2. The van der Waals surface area contributed by atoms with Crippen molar-refractivity contribution in [2.75, 3.05) is 26.2 Å². The van der Waals surface area contributed by atoms with Gasteiger partial charge < -0.3 is 4.90 Å². The van der Waals surface area contributed by atoms with Crippen LogP contribution < -0.4 is 0 Å². The number of piperazine rings is 1.